The number of ether oxygens (including phenoxy) is 4. The quantitative estimate of drug-likeness (QED) is 0.566. The zero-order chi connectivity index (χ0) is 11.6. The number of morpholine rings is 1. The highest BCUT2D eigenvalue weighted by Gasteiger charge is 2.12. The number of nitrogens with zero attached hydrogens (tertiary/aromatic N) is 1. The van der Waals surface area contributed by atoms with Crippen molar-refractivity contribution in [2.75, 3.05) is 59.8 Å². The lowest BCUT2D eigenvalue weighted by Gasteiger charge is -2.27. The third kappa shape index (κ3) is 5.77. The first kappa shape index (κ1) is 13.9. The van der Waals surface area contributed by atoms with Crippen LogP contribution in [-0.4, -0.2) is 71.0 Å². The minimum absolute atomic E-state index is 0.240. The fourth-order valence-electron chi connectivity index (χ4n) is 1.60. The van der Waals surface area contributed by atoms with E-state index in [0.717, 1.165) is 32.8 Å². The maximum Gasteiger partial charge on any atom is 0.180 e. The second kappa shape index (κ2) is 8.90. The van der Waals surface area contributed by atoms with Crippen molar-refractivity contribution in [1.82, 2.24) is 4.90 Å². The lowest BCUT2D eigenvalue weighted by Crippen LogP contribution is -2.39. The molecule has 0 aromatic rings. The highest BCUT2D eigenvalue weighted by Crippen LogP contribution is 1.99. The van der Waals surface area contributed by atoms with E-state index in [1.54, 1.807) is 7.11 Å². The first-order valence-corrected chi connectivity index (χ1v) is 5.89. The molecule has 16 heavy (non-hydrogen) atoms. The van der Waals surface area contributed by atoms with Crippen molar-refractivity contribution >= 4 is 0 Å². The van der Waals surface area contributed by atoms with Crippen molar-refractivity contribution in [3.8, 4) is 0 Å². The Labute approximate surface area is 97.6 Å². The minimum atomic E-state index is -0.240. The van der Waals surface area contributed by atoms with Crippen LogP contribution in [0.3, 0.4) is 0 Å². The Morgan fingerprint density at radius 1 is 1.25 bits per heavy atom. The molecule has 0 radical (unpaired) electrons. The zero-order valence-corrected chi connectivity index (χ0v) is 10.3. The van der Waals surface area contributed by atoms with Gasteiger partial charge in [0.1, 0.15) is 0 Å². The first-order valence-electron chi connectivity index (χ1n) is 5.89. The fourth-order valence-corrected chi connectivity index (χ4v) is 1.60. The van der Waals surface area contributed by atoms with Crippen LogP contribution < -0.4 is 0 Å². The van der Waals surface area contributed by atoms with Gasteiger partial charge < -0.3 is 18.9 Å². The molecule has 5 heteroatoms. The van der Waals surface area contributed by atoms with E-state index in [1.807, 2.05) is 6.92 Å². The summed E-state index contributed by atoms with van der Waals surface area (Å²) in [7, 11) is 1.65. The van der Waals surface area contributed by atoms with Gasteiger partial charge in [0.25, 0.3) is 0 Å². The molecule has 1 fully saturated rings. The molecule has 1 heterocycles. The van der Waals surface area contributed by atoms with Gasteiger partial charge in [-0.05, 0) is 6.92 Å². The van der Waals surface area contributed by atoms with E-state index in [9.17, 15) is 0 Å². The van der Waals surface area contributed by atoms with E-state index in [2.05, 4.69) is 4.90 Å². The molecule has 1 aliphatic heterocycles. The van der Waals surface area contributed by atoms with Gasteiger partial charge >= 0.3 is 0 Å². The van der Waals surface area contributed by atoms with Gasteiger partial charge in [0.15, 0.2) is 6.29 Å². The van der Waals surface area contributed by atoms with Crippen molar-refractivity contribution < 1.29 is 18.9 Å². The van der Waals surface area contributed by atoms with Crippen LogP contribution in [0.25, 0.3) is 0 Å². The zero-order valence-electron chi connectivity index (χ0n) is 10.3. The normalized spacial score (nSPS) is 19.9. The summed E-state index contributed by atoms with van der Waals surface area (Å²) in [6, 6.07) is 0. The van der Waals surface area contributed by atoms with Gasteiger partial charge in [-0.1, -0.05) is 0 Å². The molecular weight excluding hydrogens is 210 g/mol. The predicted molar refractivity (Wildman–Crippen MR) is 60.5 cm³/mol. The van der Waals surface area contributed by atoms with E-state index in [1.165, 1.54) is 0 Å². The van der Waals surface area contributed by atoms with Gasteiger partial charge in [0.2, 0.25) is 0 Å². The molecule has 1 atom stereocenters. The van der Waals surface area contributed by atoms with Crippen LogP contribution in [0.5, 0.6) is 0 Å². The number of methoxy groups -OCH3 is 1. The number of hydrogen-bond donors (Lipinski definition) is 0. The summed E-state index contributed by atoms with van der Waals surface area (Å²) in [5.74, 6) is 0. The van der Waals surface area contributed by atoms with Gasteiger partial charge in [0.05, 0.1) is 26.4 Å². The molecule has 0 aliphatic carbocycles. The Bertz CT molecular complexity index is 156. The van der Waals surface area contributed by atoms with E-state index in [-0.39, 0.29) is 6.29 Å². The predicted octanol–water partition coefficient (Wildman–Crippen LogP) is 0.344. The van der Waals surface area contributed by atoms with Crippen molar-refractivity contribution in [3.63, 3.8) is 0 Å². The monoisotopic (exact) mass is 233 g/mol. The van der Waals surface area contributed by atoms with Gasteiger partial charge in [-0.25, -0.2) is 0 Å². The molecule has 1 saturated heterocycles. The Balaban J connectivity index is 2.06. The molecule has 0 aromatic heterocycles. The smallest absolute Gasteiger partial charge is 0.180 e. The summed E-state index contributed by atoms with van der Waals surface area (Å²) in [5.41, 5.74) is 0. The topological polar surface area (TPSA) is 40.2 Å². The van der Waals surface area contributed by atoms with Crippen LogP contribution in [0.4, 0.5) is 0 Å². The summed E-state index contributed by atoms with van der Waals surface area (Å²) in [4.78, 5) is 2.33. The van der Waals surface area contributed by atoms with Gasteiger partial charge in [-0.15, -0.1) is 0 Å². The van der Waals surface area contributed by atoms with Crippen LogP contribution in [-0.2, 0) is 18.9 Å². The largest absolute Gasteiger partial charge is 0.379 e. The Morgan fingerprint density at radius 3 is 2.62 bits per heavy atom. The first-order chi connectivity index (χ1) is 7.86. The number of rotatable bonds is 8. The van der Waals surface area contributed by atoms with Crippen LogP contribution >= 0.6 is 0 Å². The Morgan fingerprint density at radius 2 is 2.00 bits per heavy atom. The highest BCUT2D eigenvalue weighted by molar-refractivity contribution is 4.61. The molecule has 1 unspecified atom stereocenters. The van der Waals surface area contributed by atoms with E-state index in [0.29, 0.717) is 19.8 Å². The van der Waals surface area contributed by atoms with Crippen molar-refractivity contribution in [3.05, 3.63) is 0 Å². The highest BCUT2D eigenvalue weighted by atomic mass is 16.7. The van der Waals surface area contributed by atoms with Gasteiger partial charge in [0, 0.05) is 33.4 Å². The second-order valence-corrected chi connectivity index (χ2v) is 3.67. The van der Waals surface area contributed by atoms with Gasteiger partial charge in [-0.2, -0.15) is 0 Å². The summed E-state index contributed by atoms with van der Waals surface area (Å²) in [6.07, 6.45) is -0.240. The van der Waals surface area contributed by atoms with Crippen LogP contribution in [0.2, 0.25) is 0 Å². The molecule has 0 bridgehead atoms. The molecule has 5 nitrogen and oxygen atoms in total. The maximum absolute atomic E-state index is 5.60. The summed E-state index contributed by atoms with van der Waals surface area (Å²) in [5, 5.41) is 0. The summed E-state index contributed by atoms with van der Waals surface area (Å²) in [6.45, 7) is 8.32. The van der Waals surface area contributed by atoms with E-state index >= 15 is 0 Å². The second-order valence-electron chi connectivity index (χ2n) is 3.67. The van der Waals surface area contributed by atoms with Crippen LogP contribution in [0, 0.1) is 0 Å². The minimum Gasteiger partial charge on any atom is -0.379 e. The van der Waals surface area contributed by atoms with Crippen LogP contribution in [0.15, 0.2) is 0 Å². The Kier molecular flexibility index (Phi) is 7.71. The molecular formula is C11H23NO4. The molecule has 0 amide bonds. The van der Waals surface area contributed by atoms with Crippen molar-refractivity contribution in [1.29, 1.82) is 0 Å². The van der Waals surface area contributed by atoms with E-state index < -0.39 is 0 Å². The average Bonchev–Trinajstić information content (AvgIpc) is 2.31. The SMILES string of the molecule is CCOC(COC)OCCN1CCOCC1. The third-order valence-electron chi connectivity index (χ3n) is 2.47. The molecule has 0 aromatic carbocycles. The molecule has 0 saturated carbocycles. The molecule has 96 valence electrons. The van der Waals surface area contributed by atoms with Crippen molar-refractivity contribution in [2.45, 2.75) is 13.2 Å². The maximum atomic E-state index is 5.60. The van der Waals surface area contributed by atoms with Gasteiger partial charge in [-0.3, -0.25) is 4.90 Å². The summed E-state index contributed by atoms with van der Waals surface area (Å²) >= 11 is 0. The molecule has 0 spiro atoms. The molecule has 1 rings (SSSR count). The Hall–Kier alpha value is -0.200. The van der Waals surface area contributed by atoms with Crippen molar-refractivity contribution in [2.24, 2.45) is 0 Å². The summed E-state index contributed by atoms with van der Waals surface area (Å²) < 4.78 is 21.3. The average molecular weight is 233 g/mol. The fraction of sp³-hybridized carbons (Fsp3) is 1.00. The van der Waals surface area contributed by atoms with E-state index in [4.69, 9.17) is 18.9 Å². The third-order valence-corrected chi connectivity index (χ3v) is 2.47. The lowest BCUT2D eigenvalue weighted by molar-refractivity contribution is -0.167. The standard InChI is InChI=1S/C11H23NO4/c1-3-15-11(10-13-2)16-9-6-12-4-7-14-8-5-12/h11H,3-10H2,1-2H3. The number of hydrogen-bond acceptors (Lipinski definition) is 5. The molecule has 1 aliphatic rings. The molecule has 0 N–H and O–H groups in total. The lowest BCUT2D eigenvalue weighted by atomic mass is 10.4. The van der Waals surface area contributed by atoms with Crippen LogP contribution in [0.1, 0.15) is 6.92 Å².